The molecule has 0 radical (unpaired) electrons. The van der Waals surface area contributed by atoms with Crippen LogP contribution < -0.4 is 5.32 Å². The second-order valence-electron chi connectivity index (χ2n) is 7.28. The first-order chi connectivity index (χ1) is 14.4. The summed E-state index contributed by atoms with van der Waals surface area (Å²) in [6, 6.07) is 11.6. The highest BCUT2D eigenvalue weighted by Gasteiger charge is 2.23. The van der Waals surface area contributed by atoms with Gasteiger partial charge in [0.05, 0.1) is 13.2 Å². The number of aliphatic hydroxyl groups is 1. The first kappa shape index (κ1) is 21.9. The molecule has 0 unspecified atom stereocenters. The van der Waals surface area contributed by atoms with Gasteiger partial charge < -0.3 is 20.2 Å². The van der Waals surface area contributed by atoms with Gasteiger partial charge in [0.1, 0.15) is 0 Å². The summed E-state index contributed by atoms with van der Waals surface area (Å²) < 4.78 is 0. The number of piperazine rings is 1. The van der Waals surface area contributed by atoms with E-state index in [0.29, 0.717) is 42.5 Å². The Balaban J connectivity index is 1.69. The Hall–Kier alpha value is -2.83. The molecule has 0 bridgehead atoms. The van der Waals surface area contributed by atoms with Gasteiger partial charge in [-0.05, 0) is 30.7 Å². The van der Waals surface area contributed by atoms with E-state index in [1.54, 1.807) is 15.9 Å². The lowest BCUT2D eigenvalue weighted by atomic mass is 10.0. The molecule has 1 aliphatic rings. The quantitative estimate of drug-likeness (QED) is 0.695. The van der Waals surface area contributed by atoms with Crippen LogP contribution in [0.25, 0.3) is 11.1 Å². The number of carbonyl (C=O) groups is 2. The number of aryl methyl sites for hydroxylation is 1. The molecule has 6 nitrogen and oxygen atoms in total. The van der Waals surface area contributed by atoms with E-state index >= 15 is 0 Å². The average Bonchev–Trinajstić information content (AvgIpc) is 2.78. The number of anilines is 1. The summed E-state index contributed by atoms with van der Waals surface area (Å²) >= 11 is 6.44. The zero-order chi connectivity index (χ0) is 21.7. The largest absolute Gasteiger partial charge is 0.392 e. The van der Waals surface area contributed by atoms with Gasteiger partial charge in [-0.2, -0.15) is 0 Å². The van der Waals surface area contributed by atoms with Crippen LogP contribution in [0.5, 0.6) is 0 Å². The lowest BCUT2D eigenvalue weighted by molar-refractivity contribution is -0.135. The van der Waals surface area contributed by atoms with E-state index in [4.69, 9.17) is 11.6 Å². The Kier molecular flexibility index (Phi) is 7.13. The van der Waals surface area contributed by atoms with Crippen molar-refractivity contribution in [3.63, 3.8) is 0 Å². The van der Waals surface area contributed by atoms with Crippen LogP contribution in [0, 0.1) is 6.92 Å². The number of benzene rings is 2. The van der Waals surface area contributed by atoms with Crippen molar-refractivity contribution in [1.29, 1.82) is 0 Å². The van der Waals surface area contributed by atoms with Crippen LogP contribution >= 0.6 is 11.6 Å². The first-order valence-electron chi connectivity index (χ1n) is 9.86. The summed E-state index contributed by atoms with van der Waals surface area (Å²) in [4.78, 5) is 27.7. The molecule has 0 saturated carbocycles. The minimum atomic E-state index is -0.188. The molecule has 2 aromatic rings. The van der Waals surface area contributed by atoms with Crippen molar-refractivity contribution < 1.29 is 14.7 Å². The van der Waals surface area contributed by atoms with E-state index in [9.17, 15) is 14.7 Å². The van der Waals surface area contributed by atoms with Gasteiger partial charge in [-0.1, -0.05) is 48.0 Å². The Morgan fingerprint density at radius 2 is 1.77 bits per heavy atom. The first-order valence-corrected chi connectivity index (χ1v) is 10.2. The molecule has 0 aromatic heterocycles. The summed E-state index contributed by atoms with van der Waals surface area (Å²) in [7, 11) is 0. The van der Waals surface area contributed by atoms with E-state index in [1.165, 1.54) is 6.08 Å². The summed E-state index contributed by atoms with van der Waals surface area (Å²) in [6.07, 6.45) is 1.29. The predicted octanol–water partition coefficient (Wildman–Crippen LogP) is 3.08. The number of nitrogens with one attached hydrogen (secondary N) is 1. The fourth-order valence-electron chi connectivity index (χ4n) is 3.45. The van der Waals surface area contributed by atoms with Crippen LogP contribution in [0.2, 0.25) is 5.02 Å². The molecule has 1 aliphatic heterocycles. The molecule has 2 N–H and O–H groups in total. The highest BCUT2D eigenvalue weighted by molar-refractivity contribution is 6.33. The zero-order valence-corrected chi connectivity index (χ0v) is 17.8. The van der Waals surface area contributed by atoms with Gasteiger partial charge in [0, 0.05) is 48.0 Å². The van der Waals surface area contributed by atoms with Crippen molar-refractivity contribution in [1.82, 2.24) is 9.80 Å². The molecule has 2 aromatic carbocycles. The normalized spacial score (nSPS) is 13.8. The number of nitrogens with zero attached hydrogens (tertiary/aromatic N) is 2. The molecule has 1 fully saturated rings. The molecule has 1 saturated heterocycles. The van der Waals surface area contributed by atoms with Gasteiger partial charge in [0.15, 0.2) is 0 Å². The van der Waals surface area contributed by atoms with Crippen LogP contribution in [0.15, 0.2) is 49.1 Å². The number of aliphatic hydroxyl groups excluding tert-OH is 1. The highest BCUT2D eigenvalue weighted by atomic mass is 35.5. The van der Waals surface area contributed by atoms with Gasteiger partial charge in [-0.15, -0.1) is 0 Å². The highest BCUT2D eigenvalue weighted by Crippen LogP contribution is 2.33. The minimum Gasteiger partial charge on any atom is -0.392 e. The third-order valence-corrected chi connectivity index (χ3v) is 5.59. The zero-order valence-electron chi connectivity index (χ0n) is 17.0. The van der Waals surface area contributed by atoms with E-state index in [-0.39, 0.29) is 25.0 Å². The van der Waals surface area contributed by atoms with E-state index in [2.05, 4.69) is 11.9 Å². The summed E-state index contributed by atoms with van der Waals surface area (Å²) in [5, 5.41) is 13.4. The number of carbonyl (C=O) groups excluding carboxylic acids is 2. The van der Waals surface area contributed by atoms with E-state index < -0.39 is 0 Å². The van der Waals surface area contributed by atoms with Crippen molar-refractivity contribution in [2.45, 2.75) is 13.5 Å². The fraction of sp³-hybridized carbons (Fsp3) is 0.304. The van der Waals surface area contributed by atoms with Crippen molar-refractivity contribution in [2.75, 3.05) is 38.0 Å². The molecule has 0 aliphatic carbocycles. The van der Waals surface area contributed by atoms with Crippen LogP contribution in [0.3, 0.4) is 0 Å². The molecule has 158 valence electrons. The molecule has 2 amide bonds. The molecule has 0 spiro atoms. The monoisotopic (exact) mass is 427 g/mol. The summed E-state index contributed by atoms with van der Waals surface area (Å²) in [5.74, 6) is -0.172. The summed E-state index contributed by atoms with van der Waals surface area (Å²) in [6.45, 7) is 7.39. The van der Waals surface area contributed by atoms with Crippen molar-refractivity contribution in [2.24, 2.45) is 0 Å². The maximum Gasteiger partial charge on any atom is 0.246 e. The maximum atomic E-state index is 12.6. The molecule has 30 heavy (non-hydrogen) atoms. The predicted molar refractivity (Wildman–Crippen MR) is 119 cm³/mol. The third kappa shape index (κ3) is 5.01. The number of halogens is 1. The Bertz CT molecular complexity index is 935. The molecule has 1 heterocycles. The number of hydrogen-bond acceptors (Lipinski definition) is 4. The van der Waals surface area contributed by atoms with Crippen molar-refractivity contribution in [3.8, 4) is 11.1 Å². The molecular weight excluding hydrogens is 402 g/mol. The van der Waals surface area contributed by atoms with Crippen LogP contribution in [-0.4, -0.2) is 59.4 Å². The van der Waals surface area contributed by atoms with Crippen LogP contribution in [0.1, 0.15) is 11.1 Å². The van der Waals surface area contributed by atoms with Crippen LogP contribution in [-0.2, 0) is 16.2 Å². The van der Waals surface area contributed by atoms with Gasteiger partial charge in [0.25, 0.3) is 0 Å². The Morgan fingerprint density at radius 3 is 2.37 bits per heavy atom. The topological polar surface area (TPSA) is 72.9 Å². The lowest BCUT2D eigenvalue weighted by Crippen LogP contribution is -2.51. The SMILES string of the molecule is C=CC(=O)N1CCN(C(=O)CNc2cc(-c3ccc(C)cc3)c(Cl)cc2CO)CC1. The molecule has 3 rings (SSSR count). The second kappa shape index (κ2) is 9.78. The Labute approximate surface area is 181 Å². The van der Waals surface area contributed by atoms with Gasteiger partial charge in [-0.3, -0.25) is 9.59 Å². The smallest absolute Gasteiger partial charge is 0.246 e. The molecular formula is C23H26ClN3O3. The van der Waals surface area contributed by atoms with Gasteiger partial charge >= 0.3 is 0 Å². The maximum absolute atomic E-state index is 12.6. The number of amides is 2. The minimum absolute atomic E-state index is 0.0589. The second-order valence-corrected chi connectivity index (χ2v) is 7.68. The Morgan fingerprint density at radius 1 is 1.13 bits per heavy atom. The number of hydrogen-bond donors (Lipinski definition) is 2. The van der Waals surface area contributed by atoms with Gasteiger partial charge in [0.2, 0.25) is 11.8 Å². The van der Waals surface area contributed by atoms with Crippen molar-refractivity contribution in [3.05, 3.63) is 65.2 Å². The fourth-order valence-corrected chi connectivity index (χ4v) is 3.75. The van der Waals surface area contributed by atoms with E-state index in [0.717, 1.165) is 16.7 Å². The van der Waals surface area contributed by atoms with Crippen molar-refractivity contribution >= 4 is 29.1 Å². The molecule has 7 heteroatoms. The van der Waals surface area contributed by atoms with E-state index in [1.807, 2.05) is 37.3 Å². The van der Waals surface area contributed by atoms with Crippen LogP contribution in [0.4, 0.5) is 5.69 Å². The molecule has 0 atom stereocenters. The standard InChI is InChI=1S/C23H26ClN3O3/c1-3-22(29)26-8-10-27(11-9-26)23(30)14-25-21-13-19(20(24)12-18(21)15-28)17-6-4-16(2)5-7-17/h3-7,12-13,25,28H,1,8-11,14-15H2,2H3. The third-order valence-electron chi connectivity index (χ3n) is 5.27. The summed E-state index contributed by atoms with van der Waals surface area (Å²) in [5.41, 5.74) is 4.25. The average molecular weight is 428 g/mol. The number of rotatable bonds is 6. The lowest BCUT2D eigenvalue weighted by Gasteiger charge is -2.34. The van der Waals surface area contributed by atoms with Gasteiger partial charge in [-0.25, -0.2) is 0 Å².